The van der Waals surface area contributed by atoms with E-state index in [0.29, 0.717) is 11.3 Å². The van der Waals surface area contributed by atoms with Crippen molar-refractivity contribution >= 4 is 17.3 Å². The van der Waals surface area contributed by atoms with E-state index in [1.807, 2.05) is 0 Å². The van der Waals surface area contributed by atoms with Crippen molar-refractivity contribution in [1.82, 2.24) is 5.32 Å². The molecule has 0 bridgehead atoms. The second-order valence-electron chi connectivity index (χ2n) is 3.93. The molecule has 0 spiro atoms. The molecule has 0 heterocycles. The minimum Gasteiger partial charge on any atom is -0.326 e. The fourth-order valence-electron chi connectivity index (χ4n) is 1.15. The number of amides is 1. The average molecular weight is 234 g/mol. The minimum atomic E-state index is -0.473. The van der Waals surface area contributed by atoms with E-state index in [0.717, 1.165) is 0 Å². The number of hydrogen-bond acceptors (Lipinski definition) is 3. The van der Waals surface area contributed by atoms with Crippen LogP contribution in [0.15, 0.2) is 30.8 Å². The van der Waals surface area contributed by atoms with Gasteiger partial charge in [0, 0.05) is 23.7 Å². The molecule has 0 saturated heterocycles. The molecule has 1 amide bonds. The summed E-state index contributed by atoms with van der Waals surface area (Å²) < 4.78 is 0. The fraction of sp³-hybridized carbons (Fsp3) is 0.250. The maximum Gasteiger partial charge on any atom is 0.269 e. The largest absolute Gasteiger partial charge is 0.326 e. The topological polar surface area (TPSA) is 72.2 Å². The third kappa shape index (κ3) is 3.41. The van der Waals surface area contributed by atoms with E-state index in [2.05, 4.69) is 11.9 Å². The van der Waals surface area contributed by atoms with Gasteiger partial charge >= 0.3 is 0 Å². The summed E-state index contributed by atoms with van der Waals surface area (Å²) in [4.78, 5) is 21.4. The summed E-state index contributed by atoms with van der Waals surface area (Å²) >= 11 is 0. The Labute approximate surface area is 99.3 Å². The Hall–Kier alpha value is -2.17. The molecule has 1 N–H and O–H groups in total. The van der Waals surface area contributed by atoms with Crippen LogP contribution in [0.5, 0.6) is 0 Å². The molecule has 5 heteroatoms. The fourth-order valence-corrected chi connectivity index (χ4v) is 1.15. The number of benzene rings is 1. The van der Waals surface area contributed by atoms with Crippen molar-refractivity contribution in [3.8, 4) is 0 Å². The van der Waals surface area contributed by atoms with Crippen LogP contribution in [0.2, 0.25) is 0 Å². The van der Waals surface area contributed by atoms with Crippen LogP contribution in [-0.4, -0.2) is 10.8 Å². The lowest BCUT2D eigenvalue weighted by Crippen LogP contribution is -2.25. The van der Waals surface area contributed by atoms with Gasteiger partial charge in [0.15, 0.2) is 0 Å². The van der Waals surface area contributed by atoms with E-state index >= 15 is 0 Å². The molecule has 0 aliphatic carbocycles. The summed E-state index contributed by atoms with van der Waals surface area (Å²) in [5.41, 5.74) is 1.11. The van der Waals surface area contributed by atoms with Crippen molar-refractivity contribution < 1.29 is 9.72 Å². The van der Waals surface area contributed by atoms with Gasteiger partial charge in [-0.05, 0) is 17.7 Å². The van der Waals surface area contributed by atoms with Gasteiger partial charge in [-0.25, -0.2) is 0 Å². The molecule has 0 aliphatic rings. The van der Waals surface area contributed by atoms with E-state index in [1.165, 1.54) is 12.1 Å². The summed E-state index contributed by atoms with van der Waals surface area (Å²) in [7, 11) is 0. The number of nitro groups is 1. The SMILES string of the molecule is C=C(NC(=O)C(C)C)c1ccc([N+](=O)[O-])cc1. The van der Waals surface area contributed by atoms with Crippen molar-refractivity contribution in [3.63, 3.8) is 0 Å². The van der Waals surface area contributed by atoms with Crippen molar-refractivity contribution in [2.24, 2.45) is 5.92 Å². The number of hydrogen-bond donors (Lipinski definition) is 1. The van der Waals surface area contributed by atoms with Crippen LogP contribution in [-0.2, 0) is 4.79 Å². The zero-order chi connectivity index (χ0) is 13.0. The summed E-state index contributed by atoms with van der Waals surface area (Å²) in [6, 6.07) is 5.87. The Morgan fingerprint density at radius 3 is 2.29 bits per heavy atom. The van der Waals surface area contributed by atoms with Crippen LogP contribution >= 0.6 is 0 Å². The first-order valence-corrected chi connectivity index (χ1v) is 5.16. The molecule has 0 radical (unpaired) electrons. The number of nitrogens with zero attached hydrogens (tertiary/aromatic N) is 1. The molecular formula is C12H14N2O3. The summed E-state index contributed by atoms with van der Waals surface area (Å²) in [6.07, 6.45) is 0. The van der Waals surface area contributed by atoms with Gasteiger partial charge in [-0.1, -0.05) is 20.4 Å². The Morgan fingerprint density at radius 2 is 1.88 bits per heavy atom. The summed E-state index contributed by atoms with van der Waals surface area (Å²) in [6.45, 7) is 7.27. The molecule has 0 aromatic heterocycles. The second-order valence-corrected chi connectivity index (χ2v) is 3.93. The molecule has 0 saturated carbocycles. The number of nitrogens with one attached hydrogen (secondary N) is 1. The molecule has 0 atom stereocenters. The smallest absolute Gasteiger partial charge is 0.269 e. The van der Waals surface area contributed by atoms with Crippen LogP contribution in [0.3, 0.4) is 0 Å². The highest BCUT2D eigenvalue weighted by atomic mass is 16.6. The molecule has 90 valence electrons. The lowest BCUT2D eigenvalue weighted by atomic mass is 10.1. The molecule has 5 nitrogen and oxygen atoms in total. The highest BCUT2D eigenvalue weighted by molar-refractivity contribution is 5.87. The van der Waals surface area contributed by atoms with Gasteiger partial charge in [0.2, 0.25) is 5.91 Å². The van der Waals surface area contributed by atoms with Crippen LogP contribution in [0.4, 0.5) is 5.69 Å². The molecule has 0 unspecified atom stereocenters. The average Bonchev–Trinajstić information content (AvgIpc) is 2.28. The predicted molar refractivity (Wildman–Crippen MR) is 65.1 cm³/mol. The lowest BCUT2D eigenvalue weighted by molar-refractivity contribution is -0.384. The first-order chi connectivity index (χ1) is 7.91. The third-order valence-corrected chi connectivity index (χ3v) is 2.23. The number of non-ortho nitro benzene ring substituents is 1. The van der Waals surface area contributed by atoms with Crippen molar-refractivity contribution in [2.75, 3.05) is 0 Å². The molecular weight excluding hydrogens is 220 g/mol. The monoisotopic (exact) mass is 234 g/mol. The minimum absolute atomic E-state index is 0.0109. The molecule has 17 heavy (non-hydrogen) atoms. The van der Waals surface area contributed by atoms with Crippen LogP contribution in [0.1, 0.15) is 19.4 Å². The van der Waals surface area contributed by atoms with Gasteiger partial charge in [-0.3, -0.25) is 14.9 Å². The standard InChI is InChI=1S/C12H14N2O3/c1-8(2)12(15)13-9(3)10-4-6-11(7-5-10)14(16)17/h4-8H,3H2,1-2H3,(H,13,15). The molecule has 1 aromatic rings. The quantitative estimate of drug-likeness (QED) is 0.642. The van der Waals surface area contributed by atoms with Crippen LogP contribution in [0.25, 0.3) is 5.70 Å². The van der Waals surface area contributed by atoms with E-state index in [9.17, 15) is 14.9 Å². The molecule has 0 fully saturated rings. The van der Waals surface area contributed by atoms with Gasteiger partial charge in [0.1, 0.15) is 0 Å². The molecule has 1 rings (SSSR count). The number of nitro benzene ring substituents is 1. The maximum absolute atomic E-state index is 11.4. The second kappa shape index (κ2) is 5.25. The van der Waals surface area contributed by atoms with E-state index in [-0.39, 0.29) is 17.5 Å². The van der Waals surface area contributed by atoms with E-state index in [1.54, 1.807) is 26.0 Å². The zero-order valence-electron chi connectivity index (χ0n) is 9.77. The van der Waals surface area contributed by atoms with Gasteiger partial charge in [0.05, 0.1) is 4.92 Å². The highest BCUT2D eigenvalue weighted by Crippen LogP contribution is 2.16. The first-order valence-electron chi connectivity index (χ1n) is 5.16. The van der Waals surface area contributed by atoms with Gasteiger partial charge in [0.25, 0.3) is 5.69 Å². The number of rotatable bonds is 4. The van der Waals surface area contributed by atoms with Gasteiger partial charge in [-0.15, -0.1) is 0 Å². The summed E-state index contributed by atoms with van der Waals surface area (Å²) in [5, 5.41) is 13.1. The van der Waals surface area contributed by atoms with Crippen LogP contribution < -0.4 is 5.32 Å². The van der Waals surface area contributed by atoms with Crippen LogP contribution in [0, 0.1) is 16.0 Å². The van der Waals surface area contributed by atoms with Gasteiger partial charge < -0.3 is 5.32 Å². The normalized spacial score (nSPS) is 10.1. The van der Waals surface area contributed by atoms with Gasteiger partial charge in [-0.2, -0.15) is 0 Å². The maximum atomic E-state index is 11.4. The van der Waals surface area contributed by atoms with E-state index < -0.39 is 4.92 Å². The zero-order valence-corrected chi connectivity index (χ0v) is 9.77. The molecule has 0 aliphatic heterocycles. The van der Waals surface area contributed by atoms with Crippen molar-refractivity contribution in [2.45, 2.75) is 13.8 Å². The third-order valence-electron chi connectivity index (χ3n) is 2.23. The Kier molecular flexibility index (Phi) is 3.98. The van der Waals surface area contributed by atoms with Crippen molar-refractivity contribution in [3.05, 3.63) is 46.5 Å². The molecule has 1 aromatic carbocycles. The Bertz CT molecular complexity index is 449. The predicted octanol–water partition coefficient (Wildman–Crippen LogP) is 2.34. The highest BCUT2D eigenvalue weighted by Gasteiger charge is 2.10. The van der Waals surface area contributed by atoms with Crippen molar-refractivity contribution in [1.29, 1.82) is 0 Å². The number of carbonyl (C=O) groups is 1. The Balaban J connectivity index is 2.77. The Morgan fingerprint density at radius 1 is 1.35 bits per heavy atom. The lowest BCUT2D eigenvalue weighted by Gasteiger charge is -2.10. The van der Waals surface area contributed by atoms with E-state index in [4.69, 9.17) is 0 Å². The summed E-state index contributed by atoms with van der Waals surface area (Å²) in [5.74, 6) is -0.266. The first kappa shape index (κ1) is 12.9. The number of carbonyl (C=O) groups excluding carboxylic acids is 1.